The quantitative estimate of drug-likeness (QED) is 0.765. The van der Waals surface area contributed by atoms with Crippen LogP contribution in [0.4, 0.5) is 0 Å². The zero-order valence-electron chi connectivity index (χ0n) is 13.6. The lowest BCUT2D eigenvalue weighted by atomic mass is 10.2. The van der Waals surface area contributed by atoms with Crippen LogP contribution in [0, 0.1) is 5.92 Å². The average Bonchev–Trinajstić information content (AvgIpc) is 2.91. The Morgan fingerprint density at radius 3 is 2.55 bits per heavy atom. The molecule has 2 heterocycles. The second-order valence-electron chi connectivity index (χ2n) is 5.94. The first kappa shape index (κ1) is 16.5. The number of aromatic nitrogens is 4. The normalized spacial score (nSPS) is 11.7. The van der Waals surface area contributed by atoms with Crippen molar-refractivity contribution in [3.05, 3.63) is 27.2 Å². The highest BCUT2D eigenvalue weighted by molar-refractivity contribution is 5.70. The summed E-state index contributed by atoms with van der Waals surface area (Å²) in [5.41, 5.74) is 5.97. The van der Waals surface area contributed by atoms with Crippen LogP contribution < -0.4 is 17.0 Å². The molecule has 2 rings (SSSR count). The molecule has 122 valence electrons. The SMILES string of the molecule is CCn1cnc2c1c(=O)n(CCCCN)c(=O)n2CC(C)C. The summed E-state index contributed by atoms with van der Waals surface area (Å²) in [7, 11) is 0. The first-order valence-corrected chi connectivity index (χ1v) is 7.89. The number of unbranched alkanes of at least 4 members (excludes halogenated alkanes) is 1. The Balaban J connectivity index is 2.67. The van der Waals surface area contributed by atoms with Crippen molar-refractivity contribution < 1.29 is 0 Å². The van der Waals surface area contributed by atoms with E-state index in [1.165, 1.54) is 4.57 Å². The molecule has 0 saturated heterocycles. The number of rotatable bonds is 7. The van der Waals surface area contributed by atoms with E-state index in [4.69, 9.17) is 5.73 Å². The summed E-state index contributed by atoms with van der Waals surface area (Å²) in [5.74, 6) is 0.294. The highest BCUT2D eigenvalue weighted by Gasteiger charge is 2.17. The van der Waals surface area contributed by atoms with E-state index in [1.807, 2.05) is 20.8 Å². The molecule has 2 aromatic heterocycles. The minimum absolute atomic E-state index is 0.253. The Morgan fingerprint density at radius 1 is 1.23 bits per heavy atom. The fraction of sp³-hybridized carbons (Fsp3) is 0.667. The summed E-state index contributed by atoms with van der Waals surface area (Å²) in [6.07, 6.45) is 3.15. The maximum Gasteiger partial charge on any atom is 0.332 e. The third-order valence-corrected chi connectivity index (χ3v) is 3.71. The van der Waals surface area contributed by atoms with Gasteiger partial charge < -0.3 is 10.3 Å². The second kappa shape index (κ2) is 6.91. The van der Waals surface area contributed by atoms with E-state index < -0.39 is 0 Å². The lowest BCUT2D eigenvalue weighted by molar-refractivity contribution is 0.478. The molecule has 0 aromatic carbocycles. The molecule has 22 heavy (non-hydrogen) atoms. The topological polar surface area (TPSA) is 87.8 Å². The molecule has 2 aromatic rings. The minimum atomic E-state index is -0.274. The van der Waals surface area contributed by atoms with Gasteiger partial charge in [-0.25, -0.2) is 9.78 Å². The second-order valence-corrected chi connectivity index (χ2v) is 5.94. The van der Waals surface area contributed by atoms with Crippen LogP contribution in [0.5, 0.6) is 0 Å². The molecule has 0 unspecified atom stereocenters. The number of hydrogen-bond donors (Lipinski definition) is 1. The van der Waals surface area contributed by atoms with Gasteiger partial charge in [0.1, 0.15) is 0 Å². The van der Waals surface area contributed by atoms with E-state index in [0.717, 1.165) is 12.8 Å². The largest absolute Gasteiger partial charge is 0.332 e. The Labute approximate surface area is 129 Å². The maximum atomic E-state index is 12.7. The van der Waals surface area contributed by atoms with Crippen molar-refractivity contribution in [1.82, 2.24) is 18.7 Å². The molecular weight excluding hydrogens is 282 g/mol. The van der Waals surface area contributed by atoms with Crippen molar-refractivity contribution in [1.29, 1.82) is 0 Å². The number of imidazole rings is 1. The minimum Gasteiger partial charge on any atom is -0.330 e. The number of aryl methyl sites for hydroxylation is 1. The highest BCUT2D eigenvalue weighted by Crippen LogP contribution is 2.09. The fourth-order valence-electron chi connectivity index (χ4n) is 2.62. The van der Waals surface area contributed by atoms with Crippen LogP contribution in [0.25, 0.3) is 11.2 Å². The van der Waals surface area contributed by atoms with Crippen molar-refractivity contribution >= 4 is 11.2 Å². The Hall–Kier alpha value is -1.89. The van der Waals surface area contributed by atoms with E-state index >= 15 is 0 Å². The molecular formula is C15H25N5O2. The van der Waals surface area contributed by atoms with E-state index in [1.54, 1.807) is 15.5 Å². The fourth-order valence-corrected chi connectivity index (χ4v) is 2.62. The molecule has 0 bridgehead atoms. The molecule has 0 aliphatic carbocycles. The maximum absolute atomic E-state index is 12.7. The molecule has 0 atom stereocenters. The van der Waals surface area contributed by atoms with Gasteiger partial charge in [-0.3, -0.25) is 13.9 Å². The van der Waals surface area contributed by atoms with Gasteiger partial charge in [0.15, 0.2) is 11.2 Å². The van der Waals surface area contributed by atoms with Gasteiger partial charge in [-0.1, -0.05) is 13.8 Å². The predicted molar refractivity (Wildman–Crippen MR) is 87.1 cm³/mol. The van der Waals surface area contributed by atoms with Crippen LogP contribution in [-0.2, 0) is 19.6 Å². The smallest absolute Gasteiger partial charge is 0.330 e. The van der Waals surface area contributed by atoms with Gasteiger partial charge >= 0.3 is 5.69 Å². The number of nitrogens with two attached hydrogens (primary N) is 1. The van der Waals surface area contributed by atoms with E-state index in [-0.39, 0.29) is 11.2 Å². The van der Waals surface area contributed by atoms with Gasteiger partial charge in [0.2, 0.25) is 0 Å². The van der Waals surface area contributed by atoms with Crippen LogP contribution in [0.3, 0.4) is 0 Å². The van der Waals surface area contributed by atoms with Crippen molar-refractivity contribution in [2.45, 2.75) is 53.2 Å². The van der Waals surface area contributed by atoms with E-state index in [0.29, 0.717) is 43.3 Å². The molecule has 7 heteroatoms. The third-order valence-electron chi connectivity index (χ3n) is 3.71. The van der Waals surface area contributed by atoms with Crippen LogP contribution in [0.2, 0.25) is 0 Å². The summed E-state index contributed by atoms with van der Waals surface area (Å²) in [6.45, 7) is 8.19. The van der Waals surface area contributed by atoms with Gasteiger partial charge in [0.05, 0.1) is 6.33 Å². The Bertz CT molecular complexity index is 754. The van der Waals surface area contributed by atoms with Crippen molar-refractivity contribution in [3.8, 4) is 0 Å². The summed E-state index contributed by atoms with van der Waals surface area (Å²) in [6, 6.07) is 0. The van der Waals surface area contributed by atoms with Gasteiger partial charge in [-0.15, -0.1) is 0 Å². The summed E-state index contributed by atoms with van der Waals surface area (Å²) in [4.78, 5) is 29.7. The van der Waals surface area contributed by atoms with Gasteiger partial charge in [0.25, 0.3) is 5.56 Å². The average molecular weight is 307 g/mol. The van der Waals surface area contributed by atoms with Crippen LogP contribution >= 0.6 is 0 Å². The summed E-state index contributed by atoms with van der Waals surface area (Å²) < 4.78 is 4.75. The highest BCUT2D eigenvalue weighted by atomic mass is 16.2. The third kappa shape index (κ3) is 2.99. The molecule has 2 N–H and O–H groups in total. The Kier molecular flexibility index (Phi) is 5.18. The number of fused-ring (bicyclic) bond motifs is 1. The molecule has 0 amide bonds. The summed E-state index contributed by atoms with van der Waals surface area (Å²) >= 11 is 0. The monoisotopic (exact) mass is 307 g/mol. The number of hydrogen-bond acceptors (Lipinski definition) is 4. The summed E-state index contributed by atoms with van der Waals surface area (Å²) in [5, 5.41) is 0. The number of nitrogens with zero attached hydrogens (tertiary/aromatic N) is 4. The molecule has 7 nitrogen and oxygen atoms in total. The van der Waals surface area contributed by atoms with E-state index in [9.17, 15) is 9.59 Å². The van der Waals surface area contributed by atoms with Gasteiger partial charge in [0, 0.05) is 19.6 Å². The van der Waals surface area contributed by atoms with Gasteiger partial charge in [-0.2, -0.15) is 0 Å². The standard InChI is InChI=1S/C15H25N5O2/c1-4-18-10-17-13-12(18)14(21)19(8-6-5-7-16)15(22)20(13)9-11(2)3/h10-11H,4-9,16H2,1-3H3. The lowest BCUT2D eigenvalue weighted by Crippen LogP contribution is -2.41. The molecule has 0 aliphatic heterocycles. The van der Waals surface area contributed by atoms with E-state index in [2.05, 4.69) is 4.98 Å². The van der Waals surface area contributed by atoms with Crippen LogP contribution in [0.1, 0.15) is 33.6 Å². The first-order valence-electron chi connectivity index (χ1n) is 7.89. The lowest BCUT2D eigenvalue weighted by Gasteiger charge is -2.13. The van der Waals surface area contributed by atoms with Gasteiger partial charge in [-0.05, 0) is 32.2 Å². The van der Waals surface area contributed by atoms with Crippen molar-refractivity contribution in [3.63, 3.8) is 0 Å². The molecule has 0 aliphatic rings. The van der Waals surface area contributed by atoms with Crippen molar-refractivity contribution in [2.24, 2.45) is 11.7 Å². The predicted octanol–water partition coefficient (Wildman–Crippen LogP) is 0.774. The molecule has 0 saturated carbocycles. The Morgan fingerprint density at radius 2 is 1.95 bits per heavy atom. The molecule has 0 spiro atoms. The molecule has 0 fully saturated rings. The van der Waals surface area contributed by atoms with Crippen LogP contribution in [0.15, 0.2) is 15.9 Å². The zero-order valence-corrected chi connectivity index (χ0v) is 13.6. The van der Waals surface area contributed by atoms with Crippen LogP contribution in [-0.4, -0.2) is 25.2 Å². The van der Waals surface area contributed by atoms with Crippen molar-refractivity contribution in [2.75, 3.05) is 6.54 Å². The first-order chi connectivity index (χ1) is 10.5. The zero-order chi connectivity index (χ0) is 16.3. The molecule has 0 radical (unpaired) electrons.